The van der Waals surface area contributed by atoms with Gasteiger partial charge < -0.3 is 18.9 Å². The van der Waals surface area contributed by atoms with Crippen molar-refractivity contribution in [2.75, 3.05) is 20.3 Å². The highest BCUT2D eigenvalue weighted by Crippen LogP contribution is 2.39. The maximum atomic E-state index is 14.4. The summed E-state index contributed by atoms with van der Waals surface area (Å²) in [7, 11) is 1.57. The third-order valence-corrected chi connectivity index (χ3v) is 9.67. The van der Waals surface area contributed by atoms with Gasteiger partial charge in [-0.3, -0.25) is 9.36 Å². The van der Waals surface area contributed by atoms with Gasteiger partial charge in [-0.05, 0) is 74.7 Å². The zero-order chi connectivity index (χ0) is 35.1. The van der Waals surface area contributed by atoms with Gasteiger partial charge in [-0.1, -0.05) is 76.5 Å². The topological polar surface area (TPSA) is 88.4 Å². The molecule has 0 amide bonds. The van der Waals surface area contributed by atoms with Crippen LogP contribution >= 0.6 is 38.9 Å². The molecule has 0 N–H and O–H groups in total. The van der Waals surface area contributed by atoms with Crippen LogP contribution in [0.4, 0.5) is 0 Å². The van der Waals surface area contributed by atoms with Crippen LogP contribution in [0.15, 0.2) is 92.8 Å². The molecule has 0 saturated carbocycles. The Labute approximate surface area is 303 Å². The van der Waals surface area contributed by atoms with E-state index in [4.69, 9.17) is 35.5 Å². The number of aromatic nitrogens is 1. The van der Waals surface area contributed by atoms with E-state index in [0.717, 1.165) is 27.6 Å². The molecule has 0 unspecified atom stereocenters. The van der Waals surface area contributed by atoms with Crippen LogP contribution in [0.25, 0.3) is 6.08 Å². The van der Waals surface area contributed by atoms with E-state index in [9.17, 15) is 9.59 Å². The molecular weight excluding hydrogens is 728 g/mol. The summed E-state index contributed by atoms with van der Waals surface area (Å²) in [6.07, 6.45) is 5.40. The van der Waals surface area contributed by atoms with Crippen molar-refractivity contribution < 1.29 is 23.7 Å². The van der Waals surface area contributed by atoms with Crippen molar-refractivity contribution in [3.05, 3.63) is 130 Å². The lowest BCUT2D eigenvalue weighted by Gasteiger charge is -2.27. The Bertz CT molecular complexity index is 2090. The van der Waals surface area contributed by atoms with Gasteiger partial charge in [0.05, 0.1) is 36.1 Å². The number of allylic oxidation sites excluding steroid dienone is 2. The molecule has 256 valence electrons. The number of esters is 1. The lowest BCUT2D eigenvalue weighted by molar-refractivity contribution is -0.139. The molecule has 0 aliphatic carbocycles. The van der Waals surface area contributed by atoms with E-state index in [1.54, 1.807) is 24.7 Å². The molecule has 0 spiro atoms. The number of ether oxygens (including phenoxy) is 4. The van der Waals surface area contributed by atoms with Gasteiger partial charge in [0.1, 0.15) is 18.4 Å². The van der Waals surface area contributed by atoms with Crippen LogP contribution in [0.2, 0.25) is 5.02 Å². The quantitative estimate of drug-likeness (QED) is 0.0966. The zero-order valence-corrected chi connectivity index (χ0v) is 31.0. The lowest BCUT2D eigenvalue weighted by atomic mass is 9.93. The van der Waals surface area contributed by atoms with Crippen LogP contribution in [0.5, 0.6) is 17.2 Å². The summed E-state index contributed by atoms with van der Waals surface area (Å²) in [5.74, 6) is 1.15. The summed E-state index contributed by atoms with van der Waals surface area (Å²) >= 11 is 11.2. The predicted molar refractivity (Wildman–Crippen MR) is 198 cm³/mol. The zero-order valence-electron chi connectivity index (χ0n) is 27.9. The number of halogens is 2. The maximum absolute atomic E-state index is 14.4. The molecule has 0 fully saturated rings. The average molecular weight is 766 g/mol. The van der Waals surface area contributed by atoms with Gasteiger partial charge in [0, 0.05) is 26.2 Å². The minimum Gasteiger partial charge on any atom is -0.496 e. The van der Waals surface area contributed by atoms with Crippen molar-refractivity contribution in [1.82, 2.24) is 4.57 Å². The number of carbonyl (C=O) groups is 1. The van der Waals surface area contributed by atoms with E-state index in [1.165, 1.54) is 11.3 Å². The van der Waals surface area contributed by atoms with Gasteiger partial charge >= 0.3 is 5.97 Å². The second-order valence-corrected chi connectivity index (χ2v) is 13.4. The molecule has 5 rings (SSSR count). The van der Waals surface area contributed by atoms with Crippen LogP contribution in [0, 0.1) is 0 Å². The number of rotatable bonds is 14. The van der Waals surface area contributed by atoms with Crippen LogP contribution in [0.1, 0.15) is 61.9 Å². The minimum absolute atomic E-state index is 0.182. The van der Waals surface area contributed by atoms with Gasteiger partial charge in [0.2, 0.25) is 0 Å². The van der Waals surface area contributed by atoms with E-state index < -0.39 is 12.0 Å². The first-order chi connectivity index (χ1) is 23.7. The highest BCUT2D eigenvalue weighted by molar-refractivity contribution is 9.10. The molecule has 1 aliphatic rings. The Morgan fingerprint density at radius 3 is 2.55 bits per heavy atom. The number of nitrogens with zero attached hydrogens (tertiary/aromatic N) is 2. The Morgan fingerprint density at radius 2 is 1.86 bits per heavy atom. The Balaban J connectivity index is 1.70. The first-order valence-electron chi connectivity index (χ1n) is 16.1. The van der Waals surface area contributed by atoms with Gasteiger partial charge in [-0.15, -0.1) is 6.58 Å². The molecule has 2 heterocycles. The third kappa shape index (κ3) is 7.87. The minimum atomic E-state index is -0.817. The molecule has 3 aromatic carbocycles. The monoisotopic (exact) mass is 764 g/mol. The fourth-order valence-corrected chi connectivity index (χ4v) is 7.34. The summed E-state index contributed by atoms with van der Waals surface area (Å²) in [5, 5.41) is 0.615. The summed E-state index contributed by atoms with van der Waals surface area (Å²) < 4.78 is 26.4. The summed E-state index contributed by atoms with van der Waals surface area (Å²) in [6.45, 7) is 10.5. The second kappa shape index (κ2) is 16.5. The largest absolute Gasteiger partial charge is 0.496 e. The summed E-state index contributed by atoms with van der Waals surface area (Å²) in [6, 6.07) is 16.1. The van der Waals surface area contributed by atoms with Crippen molar-refractivity contribution in [1.29, 1.82) is 0 Å². The van der Waals surface area contributed by atoms with E-state index in [2.05, 4.69) is 22.5 Å². The van der Waals surface area contributed by atoms with Crippen LogP contribution < -0.4 is 29.1 Å². The Morgan fingerprint density at radius 1 is 1.06 bits per heavy atom. The molecule has 1 aromatic heterocycles. The van der Waals surface area contributed by atoms with Crippen molar-refractivity contribution in [2.24, 2.45) is 4.99 Å². The summed E-state index contributed by atoms with van der Waals surface area (Å²) in [5.41, 5.74) is 3.70. The fraction of sp³-hybridized carbons (Fsp3) is 0.289. The molecule has 8 nitrogen and oxygen atoms in total. The number of fused-ring (bicyclic) bond motifs is 1. The molecule has 4 aromatic rings. The number of thiazole rings is 1. The molecule has 0 bridgehead atoms. The Hall–Kier alpha value is -4.12. The molecule has 1 atom stereocenters. The first kappa shape index (κ1) is 36.2. The molecule has 1 aliphatic heterocycles. The highest BCUT2D eigenvalue weighted by Gasteiger charge is 2.36. The smallest absolute Gasteiger partial charge is 0.338 e. The van der Waals surface area contributed by atoms with Gasteiger partial charge in [0.25, 0.3) is 5.56 Å². The molecular formula is C38H38BrClN2O6S. The van der Waals surface area contributed by atoms with E-state index in [0.29, 0.717) is 67.9 Å². The van der Waals surface area contributed by atoms with Crippen LogP contribution in [-0.2, 0) is 22.6 Å². The number of methoxy groups -OCH3 is 1. The molecule has 0 radical (unpaired) electrons. The van der Waals surface area contributed by atoms with Gasteiger partial charge in [-0.25, -0.2) is 9.79 Å². The van der Waals surface area contributed by atoms with Crippen molar-refractivity contribution in [3.63, 3.8) is 0 Å². The predicted octanol–water partition coefficient (Wildman–Crippen LogP) is 7.71. The van der Waals surface area contributed by atoms with E-state index in [-0.39, 0.29) is 18.8 Å². The normalized spacial score (nSPS) is 14.2. The lowest BCUT2D eigenvalue weighted by Crippen LogP contribution is -2.40. The maximum Gasteiger partial charge on any atom is 0.338 e. The van der Waals surface area contributed by atoms with Crippen LogP contribution in [-0.4, -0.2) is 30.9 Å². The first-order valence-corrected chi connectivity index (χ1v) is 18.0. The fourth-order valence-electron chi connectivity index (χ4n) is 5.75. The van der Waals surface area contributed by atoms with Gasteiger partial charge in [-0.2, -0.15) is 0 Å². The second-order valence-electron chi connectivity index (χ2n) is 11.1. The van der Waals surface area contributed by atoms with Crippen molar-refractivity contribution in [2.45, 2.75) is 52.7 Å². The Kier molecular flexibility index (Phi) is 12.2. The molecule has 11 heteroatoms. The van der Waals surface area contributed by atoms with E-state index >= 15 is 0 Å². The van der Waals surface area contributed by atoms with Crippen molar-refractivity contribution >= 4 is 50.9 Å². The number of hydrogen-bond donors (Lipinski definition) is 0. The van der Waals surface area contributed by atoms with Crippen LogP contribution in [0.3, 0.4) is 0 Å². The number of benzene rings is 3. The average Bonchev–Trinajstić information content (AvgIpc) is 3.38. The standard InChI is InChI=1S/C38H38BrClN2O6S/c1-6-12-24-18-23(19-31(46-8-3)35(24)48-22-25-14-10-11-15-28(25)40)20-32-36(43)42-34(27-21-26(39)16-17-30(27)45-5)33(37(44)47-9-4)29(13-7-2)41-38(42)49-32/h6,10-11,14-21,34H,1,7-9,12-13,22H2,2-5H3/b32-20-/t34-/m1/s1. The highest BCUT2D eigenvalue weighted by atomic mass is 79.9. The third-order valence-electron chi connectivity index (χ3n) is 7.82. The molecule has 0 saturated heterocycles. The summed E-state index contributed by atoms with van der Waals surface area (Å²) in [4.78, 5) is 33.4. The van der Waals surface area contributed by atoms with Crippen molar-refractivity contribution in [3.8, 4) is 17.2 Å². The SMILES string of the molecule is C=CCc1cc(/C=c2\sc3n(c2=O)[C@H](c2cc(Br)ccc2OC)C(C(=O)OCC)=C(CCC)N=3)cc(OCC)c1OCc1ccccc1Cl. The van der Waals surface area contributed by atoms with E-state index in [1.807, 2.05) is 74.5 Å². The molecule has 49 heavy (non-hydrogen) atoms. The number of carbonyl (C=O) groups excluding carboxylic acids is 1. The van der Waals surface area contributed by atoms with Gasteiger partial charge in [0.15, 0.2) is 16.3 Å². The number of hydrogen-bond acceptors (Lipinski definition) is 8.